The normalized spacial score (nSPS) is 21.2. The van der Waals surface area contributed by atoms with Crippen molar-refractivity contribution in [3.8, 4) is 0 Å². The molecule has 1 aromatic rings. The maximum absolute atomic E-state index is 13.0. The van der Waals surface area contributed by atoms with Crippen LogP contribution in [0.3, 0.4) is 0 Å². The molecule has 2 fully saturated rings. The molecule has 1 aliphatic heterocycles. The highest BCUT2D eigenvalue weighted by Gasteiger charge is 2.59. The number of amides is 1. The molecule has 1 unspecified atom stereocenters. The highest BCUT2D eigenvalue weighted by molar-refractivity contribution is 6.05. The summed E-state index contributed by atoms with van der Waals surface area (Å²) in [5.74, 6) is -0.901. The number of aliphatic hydroxyl groups is 1. The van der Waals surface area contributed by atoms with E-state index in [0.29, 0.717) is 44.3 Å². The van der Waals surface area contributed by atoms with E-state index in [-0.39, 0.29) is 17.6 Å². The first kappa shape index (κ1) is 16.9. The Morgan fingerprint density at radius 2 is 1.83 bits per heavy atom. The molecule has 1 aliphatic carbocycles. The summed E-state index contributed by atoms with van der Waals surface area (Å²) in [6, 6.07) is 5.86. The van der Waals surface area contributed by atoms with Crippen LogP contribution in [0.25, 0.3) is 0 Å². The molecule has 5 nitrogen and oxygen atoms in total. The number of hydrogen-bond donors (Lipinski definition) is 1. The molecule has 1 aromatic carbocycles. The number of aliphatic hydroxyl groups excluding tert-OH is 1. The van der Waals surface area contributed by atoms with Crippen molar-refractivity contribution in [2.45, 2.75) is 31.8 Å². The predicted molar refractivity (Wildman–Crippen MR) is 84.3 cm³/mol. The predicted octanol–water partition coefficient (Wildman–Crippen LogP) is 2.05. The standard InChI is InChI=1S/C18H22FNO4/c1-24-17(23)18(8-9-18)16(22)20-10-6-13(7-11-20)15(21)12-2-4-14(19)5-3-12/h2-5,13,15,21H,6-11H2,1H3. The zero-order valence-electron chi connectivity index (χ0n) is 13.7. The van der Waals surface area contributed by atoms with Crippen molar-refractivity contribution in [1.82, 2.24) is 4.90 Å². The van der Waals surface area contributed by atoms with E-state index in [1.807, 2.05) is 0 Å². The first-order chi connectivity index (χ1) is 11.5. The molecule has 24 heavy (non-hydrogen) atoms. The van der Waals surface area contributed by atoms with Crippen LogP contribution < -0.4 is 0 Å². The van der Waals surface area contributed by atoms with Crippen molar-refractivity contribution >= 4 is 11.9 Å². The minimum absolute atomic E-state index is 0.0211. The number of likely N-dealkylation sites (tertiary alicyclic amines) is 1. The van der Waals surface area contributed by atoms with Crippen molar-refractivity contribution in [3.05, 3.63) is 35.6 Å². The van der Waals surface area contributed by atoms with Gasteiger partial charge in [0.05, 0.1) is 13.2 Å². The van der Waals surface area contributed by atoms with E-state index in [9.17, 15) is 19.1 Å². The first-order valence-corrected chi connectivity index (χ1v) is 8.29. The zero-order chi connectivity index (χ0) is 17.3. The van der Waals surface area contributed by atoms with Crippen LogP contribution in [0, 0.1) is 17.2 Å². The molecule has 0 bridgehead atoms. The summed E-state index contributed by atoms with van der Waals surface area (Å²) < 4.78 is 17.7. The van der Waals surface area contributed by atoms with Crippen LogP contribution in [0.15, 0.2) is 24.3 Å². The molecular formula is C18H22FNO4. The number of carbonyl (C=O) groups is 2. The number of nitrogens with zero attached hydrogens (tertiary/aromatic N) is 1. The molecule has 2 aliphatic rings. The number of carbonyl (C=O) groups excluding carboxylic acids is 2. The topological polar surface area (TPSA) is 66.8 Å². The number of methoxy groups -OCH3 is 1. The Hall–Kier alpha value is -1.95. The van der Waals surface area contributed by atoms with Crippen molar-refractivity contribution in [2.75, 3.05) is 20.2 Å². The SMILES string of the molecule is COC(=O)C1(C(=O)N2CCC(C(O)c3ccc(F)cc3)CC2)CC1. The van der Waals surface area contributed by atoms with Gasteiger partial charge in [0.2, 0.25) is 5.91 Å². The Kier molecular flexibility index (Phi) is 4.58. The second-order valence-electron chi connectivity index (χ2n) is 6.70. The van der Waals surface area contributed by atoms with Gasteiger partial charge in [-0.05, 0) is 49.3 Å². The Bertz CT molecular complexity index is 618. The molecule has 1 amide bonds. The maximum Gasteiger partial charge on any atom is 0.321 e. The van der Waals surface area contributed by atoms with Gasteiger partial charge < -0.3 is 14.7 Å². The lowest BCUT2D eigenvalue weighted by Gasteiger charge is -2.35. The Morgan fingerprint density at radius 3 is 2.33 bits per heavy atom. The van der Waals surface area contributed by atoms with Crippen LogP contribution in [0.2, 0.25) is 0 Å². The minimum Gasteiger partial charge on any atom is -0.468 e. The molecule has 1 atom stereocenters. The number of rotatable bonds is 4. The molecular weight excluding hydrogens is 313 g/mol. The van der Waals surface area contributed by atoms with Crippen LogP contribution in [0.1, 0.15) is 37.4 Å². The van der Waals surface area contributed by atoms with Gasteiger partial charge in [-0.2, -0.15) is 0 Å². The minimum atomic E-state index is -0.961. The van der Waals surface area contributed by atoms with Crippen LogP contribution in [-0.4, -0.2) is 42.1 Å². The van der Waals surface area contributed by atoms with Crippen LogP contribution >= 0.6 is 0 Å². The van der Waals surface area contributed by atoms with Gasteiger partial charge in [0.1, 0.15) is 11.2 Å². The van der Waals surface area contributed by atoms with Crippen LogP contribution in [0.4, 0.5) is 4.39 Å². The van der Waals surface area contributed by atoms with Crippen LogP contribution in [-0.2, 0) is 14.3 Å². The van der Waals surface area contributed by atoms with E-state index < -0.39 is 17.5 Å². The maximum atomic E-state index is 13.0. The van der Waals surface area contributed by atoms with Gasteiger partial charge in [0.15, 0.2) is 0 Å². The highest BCUT2D eigenvalue weighted by atomic mass is 19.1. The molecule has 0 aromatic heterocycles. The second-order valence-corrected chi connectivity index (χ2v) is 6.70. The van der Waals surface area contributed by atoms with E-state index in [1.54, 1.807) is 17.0 Å². The summed E-state index contributed by atoms with van der Waals surface area (Å²) in [6.07, 6.45) is 1.74. The lowest BCUT2D eigenvalue weighted by Crippen LogP contribution is -2.46. The third kappa shape index (κ3) is 3.02. The summed E-state index contributed by atoms with van der Waals surface area (Å²) in [4.78, 5) is 26.1. The fourth-order valence-corrected chi connectivity index (χ4v) is 3.48. The van der Waals surface area contributed by atoms with Crippen molar-refractivity contribution in [2.24, 2.45) is 11.3 Å². The average molecular weight is 335 g/mol. The molecule has 3 rings (SSSR count). The van der Waals surface area contributed by atoms with E-state index in [4.69, 9.17) is 4.74 Å². The molecule has 0 spiro atoms. The number of ether oxygens (including phenoxy) is 1. The molecule has 0 radical (unpaired) electrons. The van der Waals surface area contributed by atoms with Gasteiger partial charge in [-0.15, -0.1) is 0 Å². The Balaban J connectivity index is 1.59. The molecule has 1 saturated carbocycles. The van der Waals surface area contributed by atoms with Gasteiger partial charge in [-0.1, -0.05) is 12.1 Å². The molecule has 130 valence electrons. The average Bonchev–Trinajstić information content (AvgIpc) is 3.42. The van der Waals surface area contributed by atoms with E-state index in [0.717, 1.165) is 0 Å². The molecule has 1 saturated heterocycles. The van der Waals surface area contributed by atoms with Gasteiger partial charge >= 0.3 is 5.97 Å². The summed E-state index contributed by atoms with van der Waals surface area (Å²) in [5, 5.41) is 10.5. The van der Waals surface area contributed by atoms with Crippen LogP contribution in [0.5, 0.6) is 0 Å². The third-order valence-electron chi connectivity index (χ3n) is 5.22. The monoisotopic (exact) mass is 335 g/mol. The second kappa shape index (κ2) is 6.51. The number of hydrogen-bond acceptors (Lipinski definition) is 4. The van der Waals surface area contributed by atoms with Gasteiger partial charge in [-0.3, -0.25) is 9.59 Å². The third-order valence-corrected chi connectivity index (χ3v) is 5.22. The van der Waals surface area contributed by atoms with Gasteiger partial charge in [-0.25, -0.2) is 4.39 Å². The summed E-state index contributed by atoms with van der Waals surface area (Å²) in [5.41, 5.74) is -0.272. The van der Waals surface area contributed by atoms with E-state index >= 15 is 0 Å². The number of piperidine rings is 1. The quantitative estimate of drug-likeness (QED) is 0.675. The lowest BCUT2D eigenvalue weighted by atomic mass is 9.87. The summed E-state index contributed by atoms with van der Waals surface area (Å²) >= 11 is 0. The molecule has 1 heterocycles. The largest absolute Gasteiger partial charge is 0.468 e. The number of halogens is 1. The zero-order valence-corrected chi connectivity index (χ0v) is 13.7. The van der Waals surface area contributed by atoms with E-state index in [1.165, 1.54) is 19.2 Å². The first-order valence-electron chi connectivity index (χ1n) is 8.29. The van der Waals surface area contributed by atoms with Crippen molar-refractivity contribution in [1.29, 1.82) is 0 Å². The summed E-state index contributed by atoms with van der Waals surface area (Å²) in [6.45, 7) is 1.03. The molecule has 1 N–H and O–H groups in total. The van der Waals surface area contributed by atoms with Crippen molar-refractivity contribution < 1.29 is 23.8 Å². The fraction of sp³-hybridized carbons (Fsp3) is 0.556. The van der Waals surface area contributed by atoms with E-state index in [2.05, 4.69) is 0 Å². The van der Waals surface area contributed by atoms with Gasteiger partial charge in [0.25, 0.3) is 0 Å². The number of esters is 1. The smallest absolute Gasteiger partial charge is 0.321 e. The lowest BCUT2D eigenvalue weighted by molar-refractivity contribution is -0.156. The summed E-state index contributed by atoms with van der Waals surface area (Å²) in [7, 11) is 1.31. The fourth-order valence-electron chi connectivity index (χ4n) is 3.48. The van der Waals surface area contributed by atoms with Gasteiger partial charge in [0, 0.05) is 13.1 Å². The molecule has 6 heteroatoms. The Labute approximate surface area is 140 Å². The Morgan fingerprint density at radius 1 is 1.25 bits per heavy atom. The highest BCUT2D eigenvalue weighted by Crippen LogP contribution is 2.49. The number of benzene rings is 1. The van der Waals surface area contributed by atoms with Crippen molar-refractivity contribution in [3.63, 3.8) is 0 Å².